The lowest BCUT2D eigenvalue weighted by Crippen LogP contribution is -2.50. The summed E-state index contributed by atoms with van der Waals surface area (Å²) in [5.74, 6) is 1.18. The zero-order valence-corrected chi connectivity index (χ0v) is 17.5. The minimum atomic E-state index is -0.461. The third kappa shape index (κ3) is 3.33. The monoisotopic (exact) mass is 456 g/mol. The number of nitrogens with one attached hydrogen (secondary N) is 1. The van der Waals surface area contributed by atoms with Crippen molar-refractivity contribution in [2.45, 2.75) is 6.17 Å². The number of rotatable bonds is 4. The lowest BCUT2D eigenvalue weighted by atomic mass is 10.1. The van der Waals surface area contributed by atoms with Crippen LogP contribution in [0.2, 0.25) is 0 Å². The second-order valence-electron chi connectivity index (χ2n) is 6.07. The van der Waals surface area contributed by atoms with Crippen LogP contribution in [0.4, 0.5) is 0 Å². The number of ether oxygens (including phenoxy) is 1. The van der Waals surface area contributed by atoms with E-state index < -0.39 is 6.17 Å². The first-order valence-electron chi connectivity index (χ1n) is 8.56. The summed E-state index contributed by atoms with van der Waals surface area (Å²) < 4.78 is 6.14. The number of halogens is 1. The maximum atomic E-state index is 12.9. The van der Waals surface area contributed by atoms with E-state index in [1.165, 1.54) is 11.8 Å². The first-order chi connectivity index (χ1) is 13.6. The molecule has 28 heavy (non-hydrogen) atoms. The number of nitrogens with zero attached hydrogens (tertiary/aromatic N) is 3. The van der Waals surface area contributed by atoms with E-state index in [0.717, 1.165) is 26.4 Å². The van der Waals surface area contributed by atoms with Crippen molar-refractivity contribution in [2.75, 3.05) is 12.9 Å². The molecule has 0 aromatic heterocycles. The second kappa shape index (κ2) is 7.81. The van der Waals surface area contributed by atoms with Gasteiger partial charge in [0.05, 0.1) is 16.9 Å². The quantitative estimate of drug-likeness (QED) is 0.717. The average Bonchev–Trinajstić information content (AvgIpc) is 2.71. The summed E-state index contributed by atoms with van der Waals surface area (Å²) >= 11 is 4.95. The van der Waals surface area contributed by atoms with Gasteiger partial charge in [-0.15, -0.1) is 11.7 Å². The minimum Gasteiger partial charge on any atom is -0.496 e. The largest absolute Gasteiger partial charge is 0.496 e. The summed E-state index contributed by atoms with van der Waals surface area (Å²) in [6, 6.07) is 13.3. The maximum absolute atomic E-state index is 12.9. The molecule has 0 saturated carbocycles. The van der Waals surface area contributed by atoms with E-state index in [-0.39, 0.29) is 5.91 Å². The van der Waals surface area contributed by atoms with Crippen molar-refractivity contribution in [1.29, 1.82) is 0 Å². The molecule has 2 aliphatic heterocycles. The molecule has 1 atom stereocenters. The van der Waals surface area contributed by atoms with Crippen LogP contribution in [0.1, 0.15) is 11.7 Å². The summed E-state index contributed by atoms with van der Waals surface area (Å²) in [7, 11) is 1.62. The molecule has 0 spiro atoms. The molecule has 2 aliphatic rings. The molecule has 0 bridgehead atoms. The molecule has 4 rings (SSSR count). The molecule has 0 fully saturated rings. The number of methoxy groups -OCH3 is 1. The lowest BCUT2D eigenvalue weighted by molar-refractivity contribution is -0.116. The highest BCUT2D eigenvalue weighted by atomic mass is 79.9. The third-order valence-electron chi connectivity index (χ3n) is 4.33. The fourth-order valence-corrected chi connectivity index (χ4v) is 4.24. The Bertz CT molecular complexity index is 1120. The lowest BCUT2D eigenvalue weighted by Gasteiger charge is -2.34. The average molecular weight is 457 g/mol. The fourth-order valence-electron chi connectivity index (χ4n) is 3.09. The summed E-state index contributed by atoms with van der Waals surface area (Å²) in [5.41, 5.74) is 1.39. The van der Waals surface area contributed by atoms with Crippen LogP contribution in [0.5, 0.6) is 5.75 Å². The van der Waals surface area contributed by atoms with E-state index >= 15 is 0 Å². The first kappa shape index (κ1) is 18.8. The van der Waals surface area contributed by atoms with Gasteiger partial charge >= 0.3 is 0 Å². The predicted molar refractivity (Wildman–Crippen MR) is 114 cm³/mol. The molecule has 8 heteroatoms. The molecule has 2 aromatic carbocycles. The second-order valence-corrected chi connectivity index (χ2v) is 7.93. The van der Waals surface area contributed by atoms with Crippen LogP contribution in [-0.2, 0) is 4.79 Å². The number of amidine groups is 1. The van der Waals surface area contributed by atoms with Gasteiger partial charge in [-0.2, -0.15) is 0 Å². The van der Waals surface area contributed by atoms with Crippen molar-refractivity contribution in [3.05, 3.63) is 75.7 Å². The molecule has 1 amide bonds. The van der Waals surface area contributed by atoms with E-state index in [2.05, 4.69) is 32.9 Å². The maximum Gasteiger partial charge on any atom is 0.276 e. The number of thioether (sulfide) groups is 1. The van der Waals surface area contributed by atoms with E-state index in [0.29, 0.717) is 16.6 Å². The van der Waals surface area contributed by atoms with Gasteiger partial charge < -0.3 is 4.74 Å². The zero-order valence-electron chi connectivity index (χ0n) is 15.1. The molecular weight excluding hydrogens is 440 g/mol. The number of hydrogen-bond donors (Lipinski definition) is 1. The van der Waals surface area contributed by atoms with Gasteiger partial charge in [-0.3, -0.25) is 15.1 Å². The van der Waals surface area contributed by atoms with E-state index in [9.17, 15) is 4.79 Å². The van der Waals surface area contributed by atoms with E-state index in [4.69, 9.17) is 9.73 Å². The molecule has 0 saturated heterocycles. The number of hydrazone groups is 1. The highest BCUT2D eigenvalue weighted by Crippen LogP contribution is 2.34. The summed E-state index contributed by atoms with van der Waals surface area (Å²) in [6.07, 6.45) is 1.31. The summed E-state index contributed by atoms with van der Waals surface area (Å²) in [6.45, 7) is 3.72. The van der Waals surface area contributed by atoms with Crippen molar-refractivity contribution in [2.24, 2.45) is 10.1 Å². The number of carbonyl (C=O) groups is 1. The van der Waals surface area contributed by atoms with Crippen molar-refractivity contribution in [3.8, 4) is 5.75 Å². The van der Waals surface area contributed by atoms with Crippen LogP contribution in [0.3, 0.4) is 0 Å². The molecule has 1 unspecified atom stereocenters. The van der Waals surface area contributed by atoms with E-state index in [1.807, 2.05) is 42.5 Å². The Morgan fingerprint density at radius 3 is 2.93 bits per heavy atom. The first-order valence-corrected chi connectivity index (χ1v) is 10.3. The molecule has 2 aromatic rings. The highest BCUT2D eigenvalue weighted by molar-refractivity contribution is 9.10. The van der Waals surface area contributed by atoms with Gasteiger partial charge in [-0.25, -0.2) is 5.01 Å². The van der Waals surface area contributed by atoms with Crippen LogP contribution >= 0.6 is 27.7 Å². The van der Waals surface area contributed by atoms with Crippen LogP contribution in [-0.4, -0.2) is 28.9 Å². The molecule has 2 heterocycles. The van der Waals surface area contributed by atoms with Gasteiger partial charge in [0.1, 0.15) is 11.4 Å². The third-order valence-corrected chi connectivity index (χ3v) is 5.81. The Morgan fingerprint density at radius 2 is 2.18 bits per heavy atom. The van der Waals surface area contributed by atoms with Crippen molar-refractivity contribution >= 4 is 44.5 Å². The van der Waals surface area contributed by atoms with Gasteiger partial charge in [0.15, 0.2) is 11.3 Å². The highest BCUT2D eigenvalue weighted by Gasteiger charge is 2.34. The zero-order chi connectivity index (χ0) is 19.7. The standard InChI is InChI=1S/C20H17BrN4O2S/c1-3-10-28-20-23-19(26)17-13-6-4-5-7-15(13)22-18(25(17)24-20)12-8-9-16(27-2)14(21)11-12/h3-9,11,18H,1,10H2,2H3,(H,23,24,26). The molecule has 0 aliphatic carbocycles. The predicted octanol–water partition coefficient (Wildman–Crippen LogP) is 2.52. The number of carbonyl (C=O) groups excluding carboxylic acids is 1. The Labute approximate surface area is 174 Å². The number of hydrogen-bond acceptors (Lipinski definition) is 6. The fraction of sp³-hybridized carbons (Fsp3) is 0.150. The molecular formula is C20H17BrN4O2S. The van der Waals surface area contributed by atoms with Gasteiger partial charge in [0.2, 0.25) is 0 Å². The number of para-hydroxylation sites is 1. The summed E-state index contributed by atoms with van der Waals surface area (Å²) in [5, 5.41) is 11.3. The topological polar surface area (TPSA) is 66.3 Å². The summed E-state index contributed by atoms with van der Waals surface area (Å²) in [4.78, 5) is 17.8. The Balaban J connectivity index is 1.89. The van der Waals surface area contributed by atoms with Gasteiger partial charge in [-0.05, 0) is 39.7 Å². The SMILES string of the molecule is C=CCSC1=NN2C(=c3ccccc3=NC2c2ccc(OC)c(Br)c2)C(=O)N1. The Kier molecular flexibility index (Phi) is 5.23. The smallest absolute Gasteiger partial charge is 0.276 e. The molecule has 1 N–H and O–H groups in total. The van der Waals surface area contributed by atoms with Crippen molar-refractivity contribution in [3.63, 3.8) is 0 Å². The van der Waals surface area contributed by atoms with Crippen LogP contribution in [0.25, 0.3) is 5.70 Å². The van der Waals surface area contributed by atoms with Crippen LogP contribution in [0.15, 0.2) is 69.7 Å². The molecule has 142 valence electrons. The van der Waals surface area contributed by atoms with Crippen molar-refractivity contribution in [1.82, 2.24) is 10.3 Å². The van der Waals surface area contributed by atoms with E-state index in [1.54, 1.807) is 18.2 Å². The van der Waals surface area contributed by atoms with Gasteiger partial charge in [-0.1, -0.05) is 42.1 Å². The number of benzene rings is 2. The van der Waals surface area contributed by atoms with Crippen LogP contribution < -0.4 is 20.6 Å². The Hall–Kier alpha value is -2.58. The van der Waals surface area contributed by atoms with Crippen molar-refractivity contribution < 1.29 is 9.53 Å². The van der Waals surface area contributed by atoms with Gasteiger partial charge in [0, 0.05) is 11.0 Å². The Morgan fingerprint density at radius 1 is 1.36 bits per heavy atom. The molecule has 0 radical (unpaired) electrons. The number of fused-ring (bicyclic) bond motifs is 2. The number of amides is 1. The van der Waals surface area contributed by atoms with Gasteiger partial charge in [0.25, 0.3) is 5.91 Å². The molecule has 6 nitrogen and oxygen atoms in total. The normalized spacial score (nSPS) is 17.7. The minimum absolute atomic E-state index is 0.193. The van der Waals surface area contributed by atoms with Crippen LogP contribution in [0, 0.1) is 0 Å².